The zero-order chi connectivity index (χ0) is 36.2. The fourth-order valence-electron chi connectivity index (χ4n) is 9.50. The smallest absolute Gasteiger partial charge is 0.0619 e. The molecule has 0 spiro atoms. The normalized spacial score (nSPS) is 12.7. The van der Waals surface area contributed by atoms with E-state index in [9.17, 15) is 0 Å². The first-order valence-electron chi connectivity index (χ1n) is 19.0. The first kappa shape index (κ1) is 31.8. The van der Waals surface area contributed by atoms with Crippen molar-refractivity contribution in [3.05, 3.63) is 163 Å². The Labute approximate surface area is 311 Å². The van der Waals surface area contributed by atoms with Crippen molar-refractivity contribution in [3.8, 4) is 28.1 Å². The third-order valence-electron chi connectivity index (χ3n) is 11.5. The van der Waals surface area contributed by atoms with Crippen LogP contribution in [0.4, 0.5) is 0 Å². The highest BCUT2D eigenvalue weighted by molar-refractivity contribution is 6.25. The molecule has 0 unspecified atom stereocenters. The second-order valence-electron chi connectivity index (χ2n) is 16.9. The van der Waals surface area contributed by atoms with Gasteiger partial charge in [-0.2, -0.15) is 0 Å². The average Bonchev–Trinajstić information content (AvgIpc) is 3.48. The lowest BCUT2D eigenvalue weighted by atomic mass is 9.74. The van der Waals surface area contributed by atoms with Crippen LogP contribution in [-0.2, 0) is 10.8 Å². The molecular weight excluding hydrogens is 639 g/mol. The highest BCUT2D eigenvalue weighted by atomic mass is 15.0. The van der Waals surface area contributed by atoms with Gasteiger partial charge in [0.25, 0.3) is 0 Å². The molecule has 0 amide bonds. The van der Waals surface area contributed by atoms with Gasteiger partial charge in [-0.05, 0) is 99.8 Å². The molecule has 1 heteroatoms. The van der Waals surface area contributed by atoms with Gasteiger partial charge in [-0.15, -0.1) is 0 Å². The van der Waals surface area contributed by atoms with Crippen LogP contribution in [0.5, 0.6) is 0 Å². The van der Waals surface area contributed by atoms with Crippen molar-refractivity contribution >= 4 is 64.8 Å². The van der Waals surface area contributed by atoms with Crippen molar-refractivity contribution in [2.45, 2.75) is 52.4 Å². The van der Waals surface area contributed by atoms with Crippen LogP contribution in [0.25, 0.3) is 92.8 Å². The molecule has 1 heterocycles. The highest BCUT2D eigenvalue weighted by Crippen LogP contribution is 2.50. The molecule has 0 atom stereocenters. The number of aromatic nitrogens is 1. The van der Waals surface area contributed by atoms with Gasteiger partial charge in [-0.1, -0.05) is 175 Å². The molecule has 0 aliphatic heterocycles. The summed E-state index contributed by atoms with van der Waals surface area (Å²) in [6, 6.07) is 56.9. The van der Waals surface area contributed by atoms with E-state index in [1.54, 1.807) is 0 Å². The summed E-state index contributed by atoms with van der Waals surface area (Å²) >= 11 is 0. The number of rotatable bonds is 3. The van der Waals surface area contributed by atoms with Gasteiger partial charge in [0.05, 0.1) is 16.9 Å². The Kier molecular flexibility index (Phi) is 6.77. The van der Waals surface area contributed by atoms with Gasteiger partial charge >= 0.3 is 0 Å². The van der Waals surface area contributed by atoms with E-state index in [-0.39, 0.29) is 10.8 Å². The minimum absolute atomic E-state index is 0.0776. The van der Waals surface area contributed by atoms with E-state index in [0.717, 1.165) is 0 Å². The minimum Gasteiger partial charge on any atom is -0.308 e. The maximum absolute atomic E-state index is 2.59. The fourth-order valence-corrected chi connectivity index (χ4v) is 9.50. The average molecular weight is 682 g/mol. The van der Waals surface area contributed by atoms with Crippen LogP contribution in [0, 0.1) is 0 Å². The summed E-state index contributed by atoms with van der Waals surface area (Å²) in [6.45, 7) is 14.2. The van der Waals surface area contributed by atoms with Gasteiger partial charge in [-0.25, -0.2) is 0 Å². The Morgan fingerprint density at radius 3 is 1.49 bits per heavy atom. The summed E-state index contributed by atoms with van der Waals surface area (Å²) in [7, 11) is 0. The van der Waals surface area contributed by atoms with Crippen molar-refractivity contribution in [3.63, 3.8) is 0 Å². The third-order valence-corrected chi connectivity index (χ3v) is 11.5. The van der Waals surface area contributed by atoms with Crippen LogP contribution >= 0.6 is 0 Å². The van der Waals surface area contributed by atoms with Crippen molar-refractivity contribution in [1.29, 1.82) is 0 Å². The van der Waals surface area contributed by atoms with E-state index in [1.807, 2.05) is 0 Å². The van der Waals surface area contributed by atoms with Gasteiger partial charge in [-0.3, -0.25) is 0 Å². The number of benzene rings is 9. The van der Waals surface area contributed by atoms with Crippen LogP contribution in [0.2, 0.25) is 0 Å². The van der Waals surface area contributed by atoms with Crippen LogP contribution in [0.15, 0.2) is 152 Å². The predicted molar refractivity (Wildman–Crippen MR) is 230 cm³/mol. The molecule has 0 radical (unpaired) electrons. The number of fused-ring (bicyclic) bond motifs is 3. The monoisotopic (exact) mass is 681 g/mol. The standard InChI is InChI=1S/C52H43N/c1-51(2,3)48-37-22-13-14-23-38(37)49(52(4,5)6)41-31-44-42(30-40(41)48)47(32-16-9-7-10-17-32)50(36-18-11-8-12-19-36)53(44)43-29-27-35-25-24-33-20-15-21-34-26-28-39(43)46(35)45(33)34/h7-31H,1-6H3. The molecule has 10 aromatic rings. The molecule has 10 rings (SSSR count). The van der Waals surface area contributed by atoms with Gasteiger partial charge in [0.15, 0.2) is 0 Å². The quantitative estimate of drug-likeness (QED) is 0.129. The minimum atomic E-state index is -0.0864. The van der Waals surface area contributed by atoms with Crippen LogP contribution in [0.3, 0.4) is 0 Å². The Bertz CT molecular complexity index is 3020. The predicted octanol–water partition coefficient (Wildman–Crippen LogP) is 14.8. The number of hydrogen-bond donors (Lipinski definition) is 0. The van der Waals surface area contributed by atoms with Gasteiger partial charge in [0.1, 0.15) is 0 Å². The molecule has 256 valence electrons. The highest BCUT2D eigenvalue weighted by Gasteiger charge is 2.30. The molecule has 0 fully saturated rings. The Hall–Kier alpha value is -5.92. The maximum atomic E-state index is 2.59. The lowest BCUT2D eigenvalue weighted by Crippen LogP contribution is -2.17. The first-order chi connectivity index (χ1) is 25.6. The van der Waals surface area contributed by atoms with Crippen molar-refractivity contribution in [2.24, 2.45) is 0 Å². The fraction of sp³-hybridized carbons (Fsp3) is 0.154. The van der Waals surface area contributed by atoms with Crippen molar-refractivity contribution < 1.29 is 0 Å². The third kappa shape index (κ3) is 4.70. The molecule has 1 nitrogen and oxygen atoms in total. The van der Waals surface area contributed by atoms with Gasteiger partial charge < -0.3 is 4.57 Å². The lowest BCUT2D eigenvalue weighted by molar-refractivity contribution is 0.593. The number of hydrogen-bond acceptors (Lipinski definition) is 0. The van der Waals surface area contributed by atoms with E-state index in [0.29, 0.717) is 0 Å². The Morgan fingerprint density at radius 1 is 0.377 bits per heavy atom. The molecule has 9 aromatic carbocycles. The van der Waals surface area contributed by atoms with Gasteiger partial charge in [0, 0.05) is 16.3 Å². The molecule has 0 aliphatic carbocycles. The summed E-state index contributed by atoms with van der Waals surface area (Å²) in [4.78, 5) is 0. The molecule has 1 aromatic heterocycles. The zero-order valence-corrected chi connectivity index (χ0v) is 31.4. The summed E-state index contributed by atoms with van der Waals surface area (Å²) in [5, 5.41) is 14.4. The van der Waals surface area contributed by atoms with E-state index >= 15 is 0 Å². The number of nitrogens with zero attached hydrogens (tertiary/aromatic N) is 1. The van der Waals surface area contributed by atoms with E-state index in [4.69, 9.17) is 0 Å². The van der Waals surface area contributed by atoms with Gasteiger partial charge in [0.2, 0.25) is 0 Å². The van der Waals surface area contributed by atoms with E-state index in [1.165, 1.54) is 104 Å². The van der Waals surface area contributed by atoms with Crippen molar-refractivity contribution in [2.75, 3.05) is 0 Å². The van der Waals surface area contributed by atoms with E-state index < -0.39 is 0 Å². The summed E-state index contributed by atoms with van der Waals surface area (Å²) in [5.74, 6) is 0. The second-order valence-corrected chi connectivity index (χ2v) is 16.9. The first-order valence-corrected chi connectivity index (χ1v) is 19.0. The topological polar surface area (TPSA) is 4.93 Å². The SMILES string of the molecule is CC(C)(C)c1c2ccccc2c(C(C)(C)C)c2cc3c(cc12)c(-c1ccccc1)c(-c1ccccc1)n3-c1ccc2ccc3cccc4ccc1c2c34. The molecule has 53 heavy (non-hydrogen) atoms. The molecule has 0 bridgehead atoms. The van der Waals surface area contributed by atoms with Crippen LogP contribution < -0.4 is 0 Å². The molecule has 0 N–H and O–H groups in total. The van der Waals surface area contributed by atoms with Crippen LogP contribution in [-0.4, -0.2) is 4.57 Å². The summed E-state index contributed by atoms with van der Waals surface area (Å²) in [5.41, 5.74) is 10.00. The second kappa shape index (κ2) is 11.3. The molecule has 0 saturated carbocycles. The Balaban J connectivity index is 1.48. The van der Waals surface area contributed by atoms with E-state index in [2.05, 4.69) is 198 Å². The molecule has 0 aliphatic rings. The maximum Gasteiger partial charge on any atom is 0.0619 e. The zero-order valence-electron chi connectivity index (χ0n) is 31.4. The largest absolute Gasteiger partial charge is 0.308 e. The lowest BCUT2D eigenvalue weighted by Gasteiger charge is -2.30. The van der Waals surface area contributed by atoms with Crippen LogP contribution in [0.1, 0.15) is 52.7 Å². The Morgan fingerprint density at radius 2 is 0.887 bits per heavy atom. The summed E-state index contributed by atoms with van der Waals surface area (Å²) in [6.07, 6.45) is 0. The van der Waals surface area contributed by atoms with Crippen molar-refractivity contribution in [1.82, 2.24) is 4.57 Å². The molecular formula is C52H43N. The summed E-state index contributed by atoms with van der Waals surface area (Å²) < 4.78 is 2.59. The molecule has 0 saturated heterocycles.